The van der Waals surface area contributed by atoms with E-state index in [0.29, 0.717) is 16.4 Å². The standard InChI is InChI=1S/C14H11ClN4/c15-12-7-18-14(17)19-13(12)10-3-1-2-8-4-5-9(16)6-11(8)10/h1-7H,16H2,(H2,17,18,19). The minimum Gasteiger partial charge on any atom is -0.399 e. The number of nitrogen functional groups attached to an aromatic ring is 2. The fraction of sp³-hybridized carbons (Fsp3) is 0. The zero-order valence-corrected chi connectivity index (χ0v) is 10.7. The maximum atomic E-state index is 6.16. The Hall–Kier alpha value is -2.33. The summed E-state index contributed by atoms with van der Waals surface area (Å²) in [6, 6.07) is 11.6. The highest BCUT2D eigenvalue weighted by molar-refractivity contribution is 6.33. The third-order valence-electron chi connectivity index (χ3n) is 2.92. The molecule has 0 aliphatic carbocycles. The fourth-order valence-corrected chi connectivity index (χ4v) is 2.26. The van der Waals surface area contributed by atoms with E-state index in [4.69, 9.17) is 23.1 Å². The molecule has 5 heteroatoms. The van der Waals surface area contributed by atoms with Crippen molar-refractivity contribution in [3.05, 3.63) is 47.6 Å². The van der Waals surface area contributed by atoms with Crippen LogP contribution in [-0.4, -0.2) is 9.97 Å². The van der Waals surface area contributed by atoms with Crippen molar-refractivity contribution in [2.45, 2.75) is 0 Å². The Kier molecular flexibility index (Phi) is 2.72. The van der Waals surface area contributed by atoms with E-state index in [9.17, 15) is 0 Å². The number of anilines is 2. The maximum absolute atomic E-state index is 6.16. The summed E-state index contributed by atoms with van der Waals surface area (Å²) in [5.41, 5.74) is 13.7. The summed E-state index contributed by atoms with van der Waals surface area (Å²) in [7, 11) is 0. The largest absolute Gasteiger partial charge is 0.399 e. The van der Waals surface area contributed by atoms with Gasteiger partial charge in [0.25, 0.3) is 0 Å². The minimum atomic E-state index is 0.195. The number of halogens is 1. The summed E-state index contributed by atoms with van der Waals surface area (Å²) in [5.74, 6) is 0.195. The maximum Gasteiger partial charge on any atom is 0.220 e. The second kappa shape index (κ2) is 4.40. The predicted octanol–water partition coefficient (Wildman–Crippen LogP) is 3.11. The van der Waals surface area contributed by atoms with Crippen LogP contribution in [0.4, 0.5) is 11.6 Å². The first-order valence-electron chi connectivity index (χ1n) is 5.72. The molecule has 0 saturated carbocycles. The lowest BCUT2D eigenvalue weighted by molar-refractivity contribution is 1.19. The number of benzene rings is 2. The molecule has 4 nitrogen and oxygen atoms in total. The van der Waals surface area contributed by atoms with Crippen molar-refractivity contribution in [3.8, 4) is 11.3 Å². The third kappa shape index (κ3) is 2.06. The van der Waals surface area contributed by atoms with Crippen molar-refractivity contribution < 1.29 is 0 Å². The Morgan fingerprint density at radius 3 is 2.74 bits per heavy atom. The van der Waals surface area contributed by atoms with Crippen molar-refractivity contribution in [2.75, 3.05) is 11.5 Å². The quantitative estimate of drug-likeness (QED) is 0.666. The monoisotopic (exact) mass is 270 g/mol. The normalized spacial score (nSPS) is 10.8. The first-order chi connectivity index (χ1) is 9.15. The van der Waals surface area contributed by atoms with Gasteiger partial charge in [-0.15, -0.1) is 0 Å². The first kappa shape index (κ1) is 11.7. The van der Waals surface area contributed by atoms with Crippen molar-refractivity contribution in [3.63, 3.8) is 0 Å². The lowest BCUT2D eigenvalue weighted by atomic mass is 10.0. The highest BCUT2D eigenvalue weighted by atomic mass is 35.5. The molecular weight excluding hydrogens is 260 g/mol. The van der Waals surface area contributed by atoms with E-state index in [2.05, 4.69) is 9.97 Å². The zero-order valence-electron chi connectivity index (χ0n) is 9.97. The SMILES string of the molecule is Nc1ccc2cccc(-c3nc(N)ncc3Cl)c2c1. The number of fused-ring (bicyclic) bond motifs is 1. The number of aromatic nitrogens is 2. The molecule has 4 N–H and O–H groups in total. The van der Waals surface area contributed by atoms with Gasteiger partial charge in [-0.3, -0.25) is 0 Å². The van der Waals surface area contributed by atoms with Crippen LogP contribution in [0.3, 0.4) is 0 Å². The van der Waals surface area contributed by atoms with E-state index >= 15 is 0 Å². The second-order valence-corrected chi connectivity index (χ2v) is 4.62. The van der Waals surface area contributed by atoms with Crippen LogP contribution in [0.5, 0.6) is 0 Å². The lowest BCUT2D eigenvalue weighted by Gasteiger charge is -2.08. The van der Waals surface area contributed by atoms with Gasteiger partial charge in [0.15, 0.2) is 0 Å². The number of nitrogens with two attached hydrogens (primary N) is 2. The van der Waals surface area contributed by atoms with Gasteiger partial charge < -0.3 is 11.5 Å². The molecule has 0 unspecified atom stereocenters. The summed E-state index contributed by atoms with van der Waals surface area (Å²) < 4.78 is 0. The Bertz CT molecular complexity index is 770. The fourth-order valence-electron chi connectivity index (χ4n) is 2.07. The van der Waals surface area contributed by atoms with Gasteiger partial charge in [-0.2, -0.15) is 0 Å². The Morgan fingerprint density at radius 1 is 1.05 bits per heavy atom. The molecule has 19 heavy (non-hydrogen) atoms. The van der Waals surface area contributed by atoms with Gasteiger partial charge in [0, 0.05) is 11.3 Å². The van der Waals surface area contributed by atoms with Gasteiger partial charge in [0.05, 0.1) is 16.9 Å². The van der Waals surface area contributed by atoms with Gasteiger partial charge >= 0.3 is 0 Å². The molecule has 3 rings (SSSR count). The molecule has 0 bridgehead atoms. The molecule has 94 valence electrons. The zero-order chi connectivity index (χ0) is 13.4. The summed E-state index contributed by atoms with van der Waals surface area (Å²) in [6.07, 6.45) is 1.50. The predicted molar refractivity (Wildman–Crippen MR) is 78.8 cm³/mol. The van der Waals surface area contributed by atoms with E-state index in [1.165, 1.54) is 6.20 Å². The summed E-state index contributed by atoms with van der Waals surface area (Å²) in [5, 5.41) is 2.52. The van der Waals surface area contributed by atoms with E-state index < -0.39 is 0 Å². The van der Waals surface area contributed by atoms with Crippen molar-refractivity contribution >= 4 is 34.0 Å². The summed E-state index contributed by atoms with van der Waals surface area (Å²) >= 11 is 6.16. The van der Waals surface area contributed by atoms with Gasteiger partial charge in [-0.1, -0.05) is 35.9 Å². The van der Waals surface area contributed by atoms with E-state index in [0.717, 1.165) is 16.3 Å². The van der Waals surface area contributed by atoms with Crippen molar-refractivity contribution in [1.29, 1.82) is 0 Å². The van der Waals surface area contributed by atoms with Crippen LogP contribution in [-0.2, 0) is 0 Å². The second-order valence-electron chi connectivity index (χ2n) is 4.21. The molecule has 1 heterocycles. The first-order valence-corrected chi connectivity index (χ1v) is 6.09. The van der Waals surface area contributed by atoms with Gasteiger partial charge in [-0.05, 0) is 22.9 Å². The number of rotatable bonds is 1. The van der Waals surface area contributed by atoms with Crippen LogP contribution < -0.4 is 11.5 Å². The van der Waals surface area contributed by atoms with Crippen LogP contribution >= 0.6 is 11.6 Å². The molecule has 0 saturated heterocycles. The molecule has 3 aromatic rings. The smallest absolute Gasteiger partial charge is 0.220 e. The van der Waals surface area contributed by atoms with Gasteiger partial charge in [0.2, 0.25) is 5.95 Å². The topological polar surface area (TPSA) is 77.8 Å². The van der Waals surface area contributed by atoms with Crippen LogP contribution in [0.15, 0.2) is 42.6 Å². The molecular formula is C14H11ClN4. The average molecular weight is 271 g/mol. The van der Waals surface area contributed by atoms with Crippen LogP contribution in [0.2, 0.25) is 5.02 Å². The number of hydrogen-bond donors (Lipinski definition) is 2. The van der Waals surface area contributed by atoms with E-state index in [1.54, 1.807) is 0 Å². The number of hydrogen-bond acceptors (Lipinski definition) is 4. The molecule has 2 aromatic carbocycles. The molecule has 0 aliphatic heterocycles. The van der Waals surface area contributed by atoms with E-state index in [1.807, 2.05) is 36.4 Å². The van der Waals surface area contributed by atoms with Gasteiger partial charge in [-0.25, -0.2) is 9.97 Å². The summed E-state index contributed by atoms with van der Waals surface area (Å²) in [4.78, 5) is 8.09. The highest BCUT2D eigenvalue weighted by Crippen LogP contribution is 2.32. The van der Waals surface area contributed by atoms with Gasteiger partial charge in [0.1, 0.15) is 0 Å². The third-order valence-corrected chi connectivity index (χ3v) is 3.20. The van der Waals surface area contributed by atoms with Crippen molar-refractivity contribution in [1.82, 2.24) is 9.97 Å². The molecule has 0 aliphatic rings. The Balaban J connectivity index is 2.36. The summed E-state index contributed by atoms with van der Waals surface area (Å²) in [6.45, 7) is 0. The molecule has 0 spiro atoms. The van der Waals surface area contributed by atoms with Crippen molar-refractivity contribution in [2.24, 2.45) is 0 Å². The minimum absolute atomic E-state index is 0.195. The number of nitrogens with zero attached hydrogens (tertiary/aromatic N) is 2. The molecule has 0 fully saturated rings. The van der Waals surface area contributed by atoms with Crippen LogP contribution in [0, 0.1) is 0 Å². The van der Waals surface area contributed by atoms with Crippen LogP contribution in [0.1, 0.15) is 0 Å². The lowest BCUT2D eigenvalue weighted by Crippen LogP contribution is -1.97. The Labute approximate surface area is 115 Å². The molecule has 0 amide bonds. The average Bonchev–Trinajstić information content (AvgIpc) is 2.41. The van der Waals surface area contributed by atoms with E-state index in [-0.39, 0.29) is 5.95 Å². The highest BCUT2D eigenvalue weighted by Gasteiger charge is 2.10. The molecule has 0 atom stereocenters. The molecule has 1 aromatic heterocycles. The Morgan fingerprint density at radius 2 is 1.89 bits per heavy atom. The molecule has 0 radical (unpaired) electrons. The van der Waals surface area contributed by atoms with Crippen LogP contribution in [0.25, 0.3) is 22.0 Å².